The molecular formula is C21H24O4. The normalized spacial score (nSPS) is 15.0. The highest BCUT2D eigenvalue weighted by Crippen LogP contribution is 2.38. The van der Waals surface area contributed by atoms with Gasteiger partial charge >= 0.3 is 0 Å². The summed E-state index contributed by atoms with van der Waals surface area (Å²) in [6.45, 7) is 0. The molecule has 2 aliphatic rings. The molecule has 0 saturated carbocycles. The molecule has 4 rings (SSSR count). The summed E-state index contributed by atoms with van der Waals surface area (Å²) in [4.78, 5) is 12.1. The van der Waals surface area contributed by atoms with Crippen LogP contribution in [-0.4, -0.2) is 20.0 Å². The summed E-state index contributed by atoms with van der Waals surface area (Å²) in [6, 6.07) is 11.8. The van der Waals surface area contributed by atoms with E-state index in [1.165, 1.54) is 5.56 Å². The Balaban J connectivity index is 1.99. The third-order valence-electron chi connectivity index (χ3n) is 4.54. The molecule has 4 bridgehead atoms. The predicted molar refractivity (Wildman–Crippen MR) is 96.9 cm³/mol. The number of benzene rings is 2. The van der Waals surface area contributed by atoms with Crippen molar-refractivity contribution in [2.45, 2.75) is 38.5 Å². The quantitative estimate of drug-likeness (QED) is 0.793. The van der Waals surface area contributed by atoms with Crippen LogP contribution in [0.4, 0.5) is 0 Å². The average Bonchev–Trinajstić information content (AvgIpc) is 2.64. The first-order chi connectivity index (χ1) is 12.2. The second-order valence-corrected chi connectivity index (χ2v) is 6.32. The Bertz CT molecular complexity index is 752. The molecule has 0 saturated heterocycles. The van der Waals surface area contributed by atoms with Crippen LogP contribution in [0.3, 0.4) is 0 Å². The maximum absolute atomic E-state index is 12.1. The molecule has 0 unspecified atom stereocenters. The van der Waals surface area contributed by atoms with Gasteiger partial charge in [-0.2, -0.15) is 0 Å². The maximum Gasteiger partial charge on any atom is 0.169 e. The monoisotopic (exact) mass is 340 g/mol. The Morgan fingerprint density at radius 2 is 1.48 bits per heavy atom. The number of Topliss-reactive ketones (excluding diaryl/α,β-unsaturated/α-hetero) is 1. The smallest absolute Gasteiger partial charge is 0.169 e. The lowest BCUT2D eigenvalue weighted by atomic mass is 10.0. The fraction of sp³-hybridized carbons (Fsp3) is 0.381. The third-order valence-corrected chi connectivity index (χ3v) is 4.54. The largest absolute Gasteiger partial charge is 0.493 e. The van der Waals surface area contributed by atoms with E-state index in [1.807, 2.05) is 30.3 Å². The Morgan fingerprint density at radius 3 is 2.28 bits per heavy atom. The van der Waals surface area contributed by atoms with Crippen LogP contribution in [0, 0.1) is 0 Å². The Labute approximate surface area is 148 Å². The molecule has 0 fully saturated rings. The van der Waals surface area contributed by atoms with Crippen molar-refractivity contribution >= 4 is 5.78 Å². The summed E-state index contributed by atoms with van der Waals surface area (Å²) in [6.07, 6.45) is 4.78. The zero-order chi connectivity index (χ0) is 17.6. The SMILES string of the molecule is COc1cc2ccc1Oc1cc(ccc1OC)CCC(=O)CCCC2. The lowest BCUT2D eigenvalue weighted by Gasteiger charge is -2.15. The molecular weight excluding hydrogens is 316 g/mol. The van der Waals surface area contributed by atoms with Gasteiger partial charge in [-0.1, -0.05) is 12.1 Å². The van der Waals surface area contributed by atoms with Crippen molar-refractivity contribution in [1.29, 1.82) is 0 Å². The van der Waals surface area contributed by atoms with Gasteiger partial charge < -0.3 is 14.2 Å². The predicted octanol–water partition coefficient (Wildman–Crippen LogP) is 4.72. The number of carbonyl (C=O) groups excluding carboxylic acids is 1. The van der Waals surface area contributed by atoms with Gasteiger partial charge in [0.2, 0.25) is 0 Å². The molecule has 0 spiro atoms. The van der Waals surface area contributed by atoms with E-state index in [0.717, 1.165) is 24.8 Å². The highest BCUT2D eigenvalue weighted by molar-refractivity contribution is 5.78. The fourth-order valence-corrected chi connectivity index (χ4v) is 3.09. The standard InChI is InChI=1S/C21H24O4/c1-23-18-11-8-16-7-10-17(22)6-4-3-5-15-9-12-19(20(13-15)24-2)25-21(18)14-16/h8-9,11-14H,3-7,10H2,1-2H3. The minimum Gasteiger partial charge on any atom is -0.493 e. The molecule has 0 N–H and O–H groups in total. The van der Waals surface area contributed by atoms with Crippen molar-refractivity contribution in [2.75, 3.05) is 14.2 Å². The van der Waals surface area contributed by atoms with Gasteiger partial charge in [0.25, 0.3) is 0 Å². The van der Waals surface area contributed by atoms with Gasteiger partial charge in [-0.25, -0.2) is 0 Å². The van der Waals surface area contributed by atoms with Crippen LogP contribution < -0.4 is 14.2 Å². The minimum absolute atomic E-state index is 0.320. The van der Waals surface area contributed by atoms with Crippen molar-refractivity contribution in [3.05, 3.63) is 47.5 Å². The first kappa shape index (κ1) is 17.3. The average molecular weight is 340 g/mol. The van der Waals surface area contributed by atoms with Crippen molar-refractivity contribution < 1.29 is 19.0 Å². The van der Waals surface area contributed by atoms with E-state index < -0.39 is 0 Å². The Kier molecular flexibility index (Phi) is 5.59. The zero-order valence-corrected chi connectivity index (χ0v) is 14.8. The Morgan fingerprint density at radius 1 is 0.760 bits per heavy atom. The van der Waals surface area contributed by atoms with E-state index in [1.54, 1.807) is 14.2 Å². The molecule has 0 aliphatic carbocycles. The van der Waals surface area contributed by atoms with Crippen molar-refractivity contribution in [3.8, 4) is 23.0 Å². The molecule has 4 heteroatoms. The number of ether oxygens (including phenoxy) is 3. The molecule has 2 aliphatic heterocycles. The number of fused-ring (bicyclic) bond motifs is 8. The number of hydrogen-bond donors (Lipinski definition) is 0. The summed E-state index contributed by atoms with van der Waals surface area (Å²) < 4.78 is 17.0. The molecule has 4 nitrogen and oxygen atoms in total. The van der Waals surface area contributed by atoms with E-state index in [9.17, 15) is 4.79 Å². The van der Waals surface area contributed by atoms with Crippen molar-refractivity contribution in [3.63, 3.8) is 0 Å². The van der Waals surface area contributed by atoms with Gasteiger partial charge in [0, 0.05) is 12.8 Å². The third kappa shape index (κ3) is 4.32. The summed E-state index contributed by atoms with van der Waals surface area (Å²) >= 11 is 0. The fourth-order valence-electron chi connectivity index (χ4n) is 3.09. The molecule has 0 atom stereocenters. The zero-order valence-electron chi connectivity index (χ0n) is 14.8. The highest BCUT2D eigenvalue weighted by atomic mass is 16.5. The number of aryl methyl sites for hydroxylation is 2. The lowest BCUT2D eigenvalue weighted by molar-refractivity contribution is -0.119. The van der Waals surface area contributed by atoms with E-state index in [2.05, 4.69) is 6.07 Å². The van der Waals surface area contributed by atoms with Crippen molar-refractivity contribution in [1.82, 2.24) is 0 Å². The van der Waals surface area contributed by atoms with Crippen LogP contribution in [0.2, 0.25) is 0 Å². The molecule has 25 heavy (non-hydrogen) atoms. The first-order valence-electron chi connectivity index (χ1n) is 8.73. The van der Waals surface area contributed by atoms with Crippen molar-refractivity contribution in [2.24, 2.45) is 0 Å². The van der Waals surface area contributed by atoms with Gasteiger partial charge in [-0.15, -0.1) is 0 Å². The summed E-state index contributed by atoms with van der Waals surface area (Å²) in [5.41, 5.74) is 2.25. The van der Waals surface area contributed by atoms with Crippen LogP contribution in [0.15, 0.2) is 36.4 Å². The summed E-state index contributed by atoms with van der Waals surface area (Å²) in [5.74, 6) is 2.97. The van der Waals surface area contributed by atoms with E-state index in [4.69, 9.17) is 14.2 Å². The molecule has 2 heterocycles. The molecule has 0 radical (unpaired) electrons. The Hall–Kier alpha value is -2.49. The van der Waals surface area contributed by atoms with Crippen LogP contribution in [0.1, 0.15) is 36.8 Å². The van der Waals surface area contributed by atoms with Gasteiger partial charge in [0.05, 0.1) is 14.2 Å². The molecule has 2 aromatic rings. The lowest BCUT2D eigenvalue weighted by Crippen LogP contribution is -2.01. The number of carbonyl (C=O) groups is 1. The second-order valence-electron chi connectivity index (χ2n) is 6.32. The molecule has 0 aromatic heterocycles. The van der Waals surface area contributed by atoms with Crippen LogP contribution in [-0.2, 0) is 17.6 Å². The van der Waals surface area contributed by atoms with E-state index in [-0.39, 0.29) is 0 Å². The number of methoxy groups -OCH3 is 2. The van der Waals surface area contributed by atoms with Gasteiger partial charge in [0.15, 0.2) is 23.0 Å². The van der Waals surface area contributed by atoms with Gasteiger partial charge in [-0.3, -0.25) is 4.79 Å². The minimum atomic E-state index is 0.320. The number of ketones is 1. The summed E-state index contributed by atoms with van der Waals surface area (Å²) in [5, 5.41) is 0. The summed E-state index contributed by atoms with van der Waals surface area (Å²) in [7, 11) is 3.26. The number of hydrogen-bond acceptors (Lipinski definition) is 4. The van der Waals surface area contributed by atoms with Crippen LogP contribution >= 0.6 is 0 Å². The second kappa shape index (κ2) is 8.06. The molecule has 0 amide bonds. The molecule has 132 valence electrons. The molecule has 2 aromatic carbocycles. The van der Waals surface area contributed by atoms with Crippen LogP contribution in [0.25, 0.3) is 0 Å². The maximum atomic E-state index is 12.1. The topological polar surface area (TPSA) is 44.8 Å². The van der Waals surface area contributed by atoms with E-state index in [0.29, 0.717) is 48.0 Å². The van der Waals surface area contributed by atoms with Gasteiger partial charge in [-0.05, 0) is 61.1 Å². The van der Waals surface area contributed by atoms with Gasteiger partial charge in [0.1, 0.15) is 5.78 Å². The number of rotatable bonds is 2. The van der Waals surface area contributed by atoms with E-state index >= 15 is 0 Å². The first-order valence-corrected chi connectivity index (χ1v) is 8.73. The highest BCUT2D eigenvalue weighted by Gasteiger charge is 2.13. The van der Waals surface area contributed by atoms with Crippen LogP contribution in [0.5, 0.6) is 23.0 Å².